The fourth-order valence-corrected chi connectivity index (χ4v) is 3.50. The average Bonchev–Trinajstić information content (AvgIpc) is 3.22. The van der Waals surface area contributed by atoms with Crippen LogP contribution in [0.1, 0.15) is 6.92 Å². The van der Waals surface area contributed by atoms with Crippen molar-refractivity contribution in [2.45, 2.75) is 20.0 Å². The fraction of sp³-hybridized carbons (Fsp3) is 0.273. The number of fused-ring (bicyclic) bond motifs is 1. The minimum absolute atomic E-state index is 0.329. The molecule has 1 amide bonds. The number of carbonyl (C=O) groups is 1. The van der Waals surface area contributed by atoms with Gasteiger partial charge >= 0.3 is 11.1 Å². The zero-order chi connectivity index (χ0) is 22.0. The molecule has 0 atom stereocenters. The Labute approximate surface area is 178 Å². The maximum absolute atomic E-state index is 12.7. The Morgan fingerprint density at radius 1 is 1.03 bits per heavy atom. The molecular formula is C22H23N5O4. The summed E-state index contributed by atoms with van der Waals surface area (Å²) in [5.74, 6) is 0.731. The van der Waals surface area contributed by atoms with Crippen LogP contribution in [-0.2, 0) is 17.9 Å². The first kappa shape index (κ1) is 20.4. The molecular weight excluding hydrogens is 398 g/mol. The van der Waals surface area contributed by atoms with E-state index in [1.165, 1.54) is 9.47 Å². The van der Waals surface area contributed by atoms with E-state index >= 15 is 0 Å². The number of hydrogen-bond donors (Lipinski definition) is 0. The highest BCUT2D eigenvalue weighted by atomic mass is 16.5. The van der Waals surface area contributed by atoms with Crippen molar-refractivity contribution in [1.82, 2.24) is 14.3 Å². The number of aromatic nitrogens is 3. The van der Waals surface area contributed by atoms with Gasteiger partial charge in [0.2, 0.25) is 11.9 Å². The monoisotopic (exact) mass is 421 g/mol. The third kappa shape index (κ3) is 3.94. The van der Waals surface area contributed by atoms with Gasteiger partial charge < -0.3 is 14.5 Å². The highest BCUT2D eigenvalue weighted by molar-refractivity contribution is 5.92. The Morgan fingerprint density at radius 3 is 2.42 bits per heavy atom. The molecule has 0 bridgehead atoms. The van der Waals surface area contributed by atoms with E-state index in [-0.39, 0.29) is 12.5 Å². The molecule has 0 saturated heterocycles. The lowest BCUT2D eigenvalue weighted by atomic mass is 10.3. The topological polar surface area (TPSA) is 89.7 Å². The molecule has 0 fully saturated rings. The van der Waals surface area contributed by atoms with Crippen LogP contribution in [-0.4, -0.2) is 40.5 Å². The summed E-state index contributed by atoms with van der Waals surface area (Å²) in [6, 6.07) is 16.5. The summed E-state index contributed by atoms with van der Waals surface area (Å²) in [6.45, 7) is 3.00. The molecule has 2 aromatic carbocycles. The number of para-hydroxylation sites is 1. The SMILES string of the molecule is CCOc1ccc(N2CCn3c2nn(CC(=O)N(C)c2ccccc2)c(=O)c3=O)cc1. The summed E-state index contributed by atoms with van der Waals surface area (Å²) in [6.07, 6.45) is 0. The number of nitrogens with zero attached hydrogens (tertiary/aromatic N) is 5. The third-order valence-corrected chi connectivity index (χ3v) is 5.16. The second-order valence-corrected chi connectivity index (χ2v) is 7.09. The second-order valence-electron chi connectivity index (χ2n) is 7.09. The van der Waals surface area contributed by atoms with Gasteiger partial charge in [-0.1, -0.05) is 18.2 Å². The largest absolute Gasteiger partial charge is 0.494 e. The highest BCUT2D eigenvalue weighted by Crippen LogP contribution is 2.28. The summed E-state index contributed by atoms with van der Waals surface area (Å²) in [5, 5.41) is 4.36. The quantitative estimate of drug-likeness (QED) is 0.562. The molecule has 3 aromatic rings. The third-order valence-electron chi connectivity index (χ3n) is 5.16. The first-order valence-electron chi connectivity index (χ1n) is 10.0. The lowest BCUT2D eigenvalue weighted by Crippen LogP contribution is -2.45. The molecule has 1 aromatic heterocycles. The van der Waals surface area contributed by atoms with Crippen LogP contribution in [0, 0.1) is 0 Å². The van der Waals surface area contributed by atoms with E-state index in [0.29, 0.717) is 31.3 Å². The Bertz CT molecular complexity index is 1200. The van der Waals surface area contributed by atoms with Crippen molar-refractivity contribution in [2.75, 3.05) is 30.0 Å². The number of benzene rings is 2. The first-order valence-corrected chi connectivity index (χ1v) is 10.0. The van der Waals surface area contributed by atoms with E-state index in [9.17, 15) is 14.4 Å². The first-order chi connectivity index (χ1) is 15.0. The standard InChI is InChI=1S/C22H23N5O4/c1-3-31-18-11-9-17(10-12-18)25-13-14-26-20(29)21(30)27(23-22(25)26)15-19(28)24(2)16-7-5-4-6-8-16/h4-12H,3,13-15H2,1-2H3. The van der Waals surface area contributed by atoms with Gasteiger partial charge in [-0.15, -0.1) is 5.10 Å². The summed E-state index contributed by atoms with van der Waals surface area (Å²) < 4.78 is 7.77. The molecule has 2 heterocycles. The highest BCUT2D eigenvalue weighted by Gasteiger charge is 2.27. The van der Waals surface area contributed by atoms with Crippen molar-refractivity contribution in [2.24, 2.45) is 0 Å². The smallest absolute Gasteiger partial charge is 0.333 e. The van der Waals surface area contributed by atoms with Crippen LogP contribution in [0.3, 0.4) is 0 Å². The molecule has 0 spiro atoms. The van der Waals surface area contributed by atoms with E-state index in [1.807, 2.05) is 54.3 Å². The van der Waals surface area contributed by atoms with Gasteiger partial charge in [-0.05, 0) is 43.3 Å². The fourth-order valence-electron chi connectivity index (χ4n) is 3.50. The predicted molar refractivity (Wildman–Crippen MR) is 117 cm³/mol. The number of anilines is 3. The van der Waals surface area contributed by atoms with Crippen molar-refractivity contribution in [3.8, 4) is 5.75 Å². The minimum atomic E-state index is -0.813. The van der Waals surface area contributed by atoms with Gasteiger partial charge in [0.1, 0.15) is 12.3 Å². The van der Waals surface area contributed by atoms with Crippen molar-refractivity contribution < 1.29 is 9.53 Å². The van der Waals surface area contributed by atoms with Crippen LogP contribution >= 0.6 is 0 Å². The molecule has 0 aliphatic carbocycles. The summed E-state index contributed by atoms with van der Waals surface area (Å²) in [4.78, 5) is 41.2. The zero-order valence-corrected chi connectivity index (χ0v) is 17.4. The molecule has 9 nitrogen and oxygen atoms in total. The van der Waals surface area contributed by atoms with Gasteiger partial charge in [0.25, 0.3) is 0 Å². The molecule has 160 valence electrons. The molecule has 0 radical (unpaired) electrons. The van der Waals surface area contributed by atoms with Gasteiger partial charge in [-0.25, -0.2) is 4.68 Å². The normalized spacial score (nSPS) is 12.5. The van der Waals surface area contributed by atoms with Gasteiger partial charge in [0.05, 0.1) is 6.61 Å². The van der Waals surface area contributed by atoms with Gasteiger partial charge in [0, 0.05) is 31.5 Å². The number of rotatable bonds is 6. The molecule has 1 aliphatic rings. The Morgan fingerprint density at radius 2 is 1.74 bits per heavy atom. The lowest BCUT2D eigenvalue weighted by molar-refractivity contribution is -0.119. The number of amides is 1. The molecule has 1 aliphatic heterocycles. The lowest BCUT2D eigenvalue weighted by Gasteiger charge is -2.20. The van der Waals surface area contributed by atoms with Crippen molar-refractivity contribution in [3.63, 3.8) is 0 Å². The van der Waals surface area contributed by atoms with Crippen molar-refractivity contribution in [1.29, 1.82) is 0 Å². The zero-order valence-electron chi connectivity index (χ0n) is 17.4. The molecule has 9 heteroatoms. The Kier molecular flexibility index (Phi) is 5.57. The van der Waals surface area contributed by atoms with Crippen LogP contribution in [0.25, 0.3) is 0 Å². The number of hydrogen-bond acceptors (Lipinski definition) is 6. The van der Waals surface area contributed by atoms with Crippen LogP contribution in [0.5, 0.6) is 5.75 Å². The van der Waals surface area contributed by atoms with E-state index in [2.05, 4.69) is 5.10 Å². The summed E-state index contributed by atoms with van der Waals surface area (Å²) >= 11 is 0. The van der Waals surface area contributed by atoms with Crippen LogP contribution in [0.15, 0.2) is 64.2 Å². The maximum Gasteiger partial charge on any atom is 0.333 e. The second kappa shape index (κ2) is 8.47. The van der Waals surface area contributed by atoms with Crippen LogP contribution in [0.4, 0.5) is 17.3 Å². The van der Waals surface area contributed by atoms with E-state index in [0.717, 1.165) is 16.1 Å². The summed E-state index contributed by atoms with van der Waals surface area (Å²) in [7, 11) is 1.62. The summed E-state index contributed by atoms with van der Waals surface area (Å²) in [5.41, 5.74) is 0.00897. The number of carbonyl (C=O) groups excluding carboxylic acids is 1. The molecule has 0 N–H and O–H groups in total. The average molecular weight is 421 g/mol. The number of likely N-dealkylation sites (N-methyl/N-ethyl adjacent to an activating group) is 1. The molecule has 4 rings (SSSR count). The Hall–Kier alpha value is -3.88. The molecule has 31 heavy (non-hydrogen) atoms. The van der Waals surface area contributed by atoms with E-state index in [1.54, 1.807) is 19.2 Å². The van der Waals surface area contributed by atoms with Crippen LogP contribution < -0.4 is 25.7 Å². The molecule has 0 saturated carbocycles. The van der Waals surface area contributed by atoms with Gasteiger partial charge in [0.15, 0.2) is 0 Å². The Balaban J connectivity index is 1.64. The predicted octanol–water partition coefficient (Wildman–Crippen LogP) is 1.62. The maximum atomic E-state index is 12.7. The van der Waals surface area contributed by atoms with E-state index in [4.69, 9.17) is 4.74 Å². The molecule has 0 unspecified atom stereocenters. The van der Waals surface area contributed by atoms with Gasteiger partial charge in [-0.2, -0.15) is 0 Å². The van der Waals surface area contributed by atoms with E-state index < -0.39 is 11.1 Å². The van der Waals surface area contributed by atoms with Crippen LogP contribution in [0.2, 0.25) is 0 Å². The van der Waals surface area contributed by atoms with Gasteiger partial charge in [-0.3, -0.25) is 19.0 Å². The van der Waals surface area contributed by atoms with Crippen molar-refractivity contribution in [3.05, 3.63) is 75.3 Å². The minimum Gasteiger partial charge on any atom is -0.494 e. The number of ether oxygens (including phenoxy) is 1. The van der Waals surface area contributed by atoms with Crippen molar-refractivity contribution >= 4 is 23.2 Å².